The molecule has 0 N–H and O–H groups in total. The Morgan fingerprint density at radius 1 is 1.25 bits per heavy atom. The molecule has 3 rings (SSSR count). The van der Waals surface area contributed by atoms with Gasteiger partial charge in [-0.1, -0.05) is 23.7 Å². The average Bonchev–Trinajstić information content (AvgIpc) is 2.39. The van der Waals surface area contributed by atoms with E-state index in [9.17, 15) is 4.79 Å². The van der Waals surface area contributed by atoms with Crippen molar-refractivity contribution in [1.29, 1.82) is 0 Å². The second kappa shape index (κ2) is 5.21. The molecular formula is C15H14ClN3O. The van der Waals surface area contributed by atoms with Gasteiger partial charge in [-0.2, -0.15) is 10.2 Å². The molecule has 102 valence electrons. The summed E-state index contributed by atoms with van der Waals surface area (Å²) in [6, 6.07) is 9.54. The summed E-state index contributed by atoms with van der Waals surface area (Å²) in [4.78, 5) is 14.2. The number of nitrogens with zero attached hydrogens (tertiary/aromatic N) is 3. The van der Waals surface area contributed by atoms with Gasteiger partial charge in [0.2, 0.25) is 0 Å². The van der Waals surface area contributed by atoms with Gasteiger partial charge in [-0.15, -0.1) is 0 Å². The number of hydrogen-bond donors (Lipinski definition) is 0. The van der Waals surface area contributed by atoms with Gasteiger partial charge in [-0.25, -0.2) is 0 Å². The van der Waals surface area contributed by atoms with Crippen molar-refractivity contribution in [2.45, 2.75) is 12.8 Å². The zero-order chi connectivity index (χ0) is 14.1. The Bertz CT molecular complexity index is 636. The Balaban J connectivity index is 1.67. The monoisotopic (exact) mass is 287 g/mol. The molecule has 4 nitrogen and oxygen atoms in total. The SMILES string of the molecule is Cc1nnccc1C(=O)N1CC(c2ccc(Cl)cc2)C1. The number of aryl methyl sites for hydroxylation is 1. The van der Waals surface area contributed by atoms with E-state index in [-0.39, 0.29) is 5.91 Å². The van der Waals surface area contributed by atoms with E-state index in [1.807, 2.05) is 29.2 Å². The van der Waals surface area contributed by atoms with Gasteiger partial charge in [0.25, 0.3) is 5.91 Å². The summed E-state index contributed by atoms with van der Waals surface area (Å²) in [5, 5.41) is 8.42. The van der Waals surface area contributed by atoms with Gasteiger partial charge in [0, 0.05) is 24.0 Å². The van der Waals surface area contributed by atoms with E-state index in [0.29, 0.717) is 17.2 Å². The largest absolute Gasteiger partial charge is 0.337 e. The van der Waals surface area contributed by atoms with Crippen LogP contribution in [0.15, 0.2) is 36.5 Å². The third-order valence-electron chi connectivity index (χ3n) is 3.65. The Morgan fingerprint density at radius 2 is 1.95 bits per heavy atom. The first-order chi connectivity index (χ1) is 9.65. The van der Waals surface area contributed by atoms with Gasteiger partial charge in [-0.05, 0) is 30.7 Å². The van der Waals surface area contributed by atoms with Gasteiger partial charge >= 0.3 is 0 Å². The molecule has 1 aromatic heterocycles. The smallest absolute Gasteiger partial charge is 0.255 e. The number of halogens is 1. The van der Waals surface area contributed by atoms with Gasteiger partial charge in [-0.3, -0.25) is 4.79 Å². The first-order valence-electron chi connectivity index (χ1n) is 6.48. The van der Waals surface area contributed by atoms with Crippen LogP contribution in [0.25, 0.3) is 0 Å². The van der Waals surface area contributed by atoms with Crippen molar-refractivity contribution in [3.8, 4) is 0 Å². The van der Waals surface area contributed by atoms with Gasteiger partial charge in [0.1, 0.15) is 0 Å². The van der Waals surface area contributed by atoms with Crippen LogP contribution in [0.2, 0.25) is 5.02 Å². The minimum absolute atomic E-state index is 0.0302. The van der Waals surface area contributed by atoms with Crippen molar-refractivity contribution in [3.05, 3.63) is 58.4 Å². The first-order valence-corrected chi connectivity index (χ1v) is 6.86. The molecule has 0 radical (unpaired) electrons. The Morgan fingerprint density at radius 3 is 2.60 bits per heavy atom. The number of likely N-dealkylation sites (tertiary alicyclic amines) is 1. The maximum Gasteiger partial charge on any atom is 0.255 e. The fourth-order valence-electron chi connectivity index (χ4n) is 2.39. The Kier molecular flexibility index (Phi) is 3.40. The highest BCUT2D eigenvalue weighted by Crippen LogP contribution is 2.29. The van der Waals surface area contributed by atoms with Gasteiger partial charge in [0.15, 0.2) is 0 Å². The van der Waals surface area contributed by atoms with Crippen LogP contribution in [0.1, 0.15) is 27.5 Å². The topological polar surface area (TPSA) is 46.1 Å². The lowest BCUT2D eigenvalue weighted by Crippen LogP contribution is -2.48. The number of amides is 1. The predicted octanol–water partition coefficient (Wildman–Crippen LogP) is 2.68. The lowest BCUT2D eigenvalue weighted by Gasteiger charge is -2.39. The molecule has 1 amide bonds. The lowest BCUT2D eigenvalue weighted by molar-refractivity contribution is 0.0601. The van der Waals surface area contributed by atoms with Crippen molar-refractivity contribution in [2.24, 2.45) is 0 Å². The number of rotatable bonds is 2. The first kappa shape index (κ1) is 13.1. The molecule has 1 aliphatic rings. The molecule has 0 saturated carbocycles. The molecule has 20 heavy (non-hydrogen) atoms. The molecule has 0 bridgehead atoms. The summed E-state index contributed by atoms with van der Waals surface area (Å²) in [6.45, 7) is 3.28. The highest BCUT2D eigenvalue weighted by atomic mass is 35.5. The Labute approximate surface area is 122 Å². The molecule has 1 fully saturated rings. The number of benzene rings is 1. The fourth-order valence-corrected chi connectivity index (χ4v) is 2.51. The van der Waals surface area contributed by atoms with Gasteiger partial charge < -0.3 is 4.90 Å². The lowest BCUT2D eigenvalue weighted by atomic mass is 9.91. The normalized spacial score (nSPS) is 15.0. The van der Waals surface area contributed by atoms with Crippen LogP contribution in [0.4, 0.5) is 0 Å². The molecule has 2 heterocycles. The van der Waals surface area contributed by atoms with Crippen LogP contribution < -0.4 is 0 Å². The second-order valence-electron chi connectivity index (χ2n) is 4.99. The molecule has 5 heteroatoms. The fraction of sp³-hybridized carbons (Fsp3) is 0.267. The number of hydrogen-bond acceptors (Lipinski definition) is 3. The van der Waals surface area contributed by atoms with Crippen LogP contribution in [0.3, 0.4) is 0 Å². The second-order valence-corrected chi connectivity index (χ2v) is 5.43. The minimum Gasteiger partial charge on any atom is -0.337 e. The molecule has 0 atom stereocenters. The highest BCUT2D eigenvalue weighted by Gasteiger charge is 2.32. The van der Waals surface area contributed by atoms with Crippen LogP contribution in [0, 0.1) is 6.92 Å². The number of aromatic nitrogens is 2. The zero-order valence-corrected chi connectivity index (χ0v) is 11.8. The molecule has 1 saturated heterocycles. The summed E-state index contributed by atoms with van der Waals surface area (Å²) in [5.41, 5.74) is 2.53. The summed E-state index contributed by atoms with van der Waals surface area (Å²) in [5.74, 6) is 0.425. The summed E-state index contributed by atoms with van der Waals surface area (Å²) in [7, 11) is 0. The zero-order valence-electron chi connectivity index (χ0n) is 11.1. The van der Waals surface area contributed by atoms with Crippen molar-refractivity contribution in [3.63, 3.8) is 0 Å². The predicted molar refractivity (Wildman–Crippen MR) is 76.9 cm³/mol. The van der Waals surface area contributed by atoms with E-state index in [1.165, 1.54) is 5.56 Å². The minimum atomic E-state index is 0.0302. The molecule has 0 aliphatic carbocycles. The van der Waals surface area contributed by atoms with E-state index in [0.717, 1.165) is 18.1 Å². The van der Waals surface area contributed by atoms with E-state index in [2.05, 4.69) is 10.2 Å². The van der Waals surface area contributed by atoms with Gasteiger partial charge in [0.05, 0.1) is 17.5 Å². The average molecular weight is 288 g/mol. The summed E-state index contributed by atoms with van der Waals surface area (Å²) in [6.07, 6.45) is 1.55. The maximum absolute atomic E-state index is 12.3. The third-order valence-corrected chi connectivity index (χ3v) is 3.90. The quantitative estimate of drug-likeness (QED) is 0.853. The van der Waals surface area contributed by atoms with Crippen LogP contribution in [-0.4, -0.2) is 34.1 Å². The van der Waals surface area contributed by atoms with Crippen molar-refractivity contribution in [2.75, 3.05) is 13.1 Å². The molecule has 1 aromatic carbocycles. The van der Waals surface area contributed by atoms with E-state index in [1.54, 1.807) is 19.2 Å². The van der Waals surface area contributed by atoms with Crippen molar-refractivity contribution < 1.29 is 4.79 Å². The standard InChI is InChI=1S/C15H14ClN3O/c1-10-14(6-7-17-18-10)15(20)19-8-12(9-19)11-2-4-13(16)5-3-11/h2-7,12H,8-9H2,1H3. The number of carbonyl (C=O) groups excluding carboxylic acids is 1. The van der Waals surface area contributed by atoms with Crippen molar-refractivity contribution in [1.82, 2.24) is 15.1 Å². The maximum atomic E-state index is 12.3. The molecular weight excluding hydrogens is 274 g/mol. The van der Waals surface area contributed by atoms with Crippen LogP contribution in [-0.2, 0) is 0 Å². The Hall–Kier alpha value is -1.94. The molecule has 2 aromatic rings. The molecule has 1 aliphatic heterocycles. The van der Waals surface area contributed by atoms with Crippen LogP contribution in [0.5, 0.6) is 0 Å². The summed E-state index contributed by atoms with van der Waals surface area (Å²) >= 11 is 5.88. The molecule has 0 unspecified atom stereocenters. The van der Waals surface area contributed by atoms with Crippen LogP contribution >= 0.6 is 11.6 Å². The summed E-state index contributed by atoms with van der Waals surface area (Å²) < 4.78 is 0. The molecule has 0 spiro atoms. The van der Waals surface area contributed by atoms with Crippen molar-refractivity contribution >= 4 is 17.5 Å². The highest BCUT2D eigenvalue weighted by molar-refractivity contribution is 6.30. The van der Waals surface area contributed by atoms with E-state index < -0.39 is 0 Å². The third kappa shape index (κ3) is 2.39. The number of carbonyl (C=O) groups is 1. The van der Waals surface area contributed by atoms with E-state index in [4.69, 9.17) is 11.6 Å². The van der Waals surface area contributed by atoms with E-state index >= 15 is 0 Å².